The van der Waals surface area contributed by atoms with Crippen LogP contribution in [0.3, 0.4) is 0 Å². The monoisotopic (exact) mass is 187 g/mol. The lowest BCUT2D eigenvalue weighted by Gasteiger charge is -2.24. The topological polar surface area (TPSA) is 12.0 Å². The third kappa shape index (κ3) is 2.67. The first-order valence-corrected chi connectivity index (χ1v) is 6.10. The van der Waals surface area contributed by atoms with Crippen molar-refractivity contribution in [2.75, 3.05) is 11.5 Å². The predicted molar refractivity (Wildman–Crippen MR) is 57.7 cm³/mol. The first kappa shape index (κ1) is 10.4. The first-order chi connectivity index (χ1) is 5.61. The van der Waals surface area contributed by atoms with E-state index < -0.39 is 0 Å². The van der Waals surface area contributed by atoms with E-state index in [0.717, 1.165) is 17.9 Å². The number of hydrogen-bond acceptors (Lipinski definition) is 2. The fourth-order valence-electron chi connectivity index (χ4n) is 1.40. The van der Waals surface area contributed by atoms with Gasteiger partial charge in [0.1, 0.15) is 0 Å². The lowest BCUT2D eigenvalue weighted by molar-refractivity contribution is 0.349. The zero-order valence-corrected chi connectivity index (χ0v) is 9.45. The van der Waals surface area contributed by atoms with Gasteiger partial charge in [0.15, 0.2) is 0 Å². The number of nitrogens with one attached hydrogen (secondary N) is 1. The zero-order chi connectivity index (χ0) is 9.14. The molecule has 0 aliphatic carbocycles. The average molecular weight is 187 g/mol. The highest BCUT2D eigenvalue weighted by Crippen LogP contribution is 2.24. The Bertz CT molecular complexity index is 136. The SMILES string of the molecule is CC(C)C(C)NC1CSCC1C. The van der Waals surface area contributed by atoms with Gasteiger partial charge in [-0.25, -0.2) is 0 Å². The summed E-state index contributed by atoms with van der Waals surface area (Å²) in [5, 5.41) is 3.71. The van der Waals surface area contributed by atoms with E-state index in [0.29, 0.717) is 6.04 Å². The molecule has 0 aromatic carbocycles. The number of rotatable bonds is 3. The van der Waals surface area contributed by atoms with Gasteiger partial charge in [0.2, 0.25) is 0 Å². The van der Waals surface area contributed by atoms with Crippen molar-refractivity contribution in [2.24, 2.45) is 11.8 Å². The third-order valence-corrected chi connectivity index (χ3v) is 4.20. The molecule has 0 saturated carbocycles. The van der Waals surface area contributed by atoms with Crippen LogP contribution in [0.15, 0.2) is 0 Å². The molecule has 1 rings (SSSR count). The summed E-state index contributed by atoms with van der Waals surface area (Å²) in [6.45, 7) is 9.21. The molecule has 0 aromatic rings. The van der Waals surface area contributed by atoms with E-state index in [9.17, 15) is 0 Å². The van der Waals surface area contributed by atoms with Crippen LogP contribution in [0.1, 0.15) is 27.7 Å². The van der Waals surface area contributed by atoms with Crippen molar-refractivity contribution >= 4 is 11.8 Å². The van der Waals surface area contributed by atoms with Crippen LogP contribution in [0, 0.1) is 11.8 Å². The first-order valence-electron chi connectivity index (χ1n) is 4.95. The highest BCUT2D eigenvalue weighted by Gasteiger charge is 2.25. The van der Waals surface area contributed by atoms with Crippen molar-refractivity contribution < 1.29 is 0 Å². The molecule has 0 radical (unpaired) electrons. The Labute approximate surface area is 80.7 Å². The Balaban J connectivity index is 2.30. The molecule has 0 aromatic heterocycles. The normalized spacial score (nSPS) is 32.8. The fourth-order valence-corrected chi connectivity index (χ4v) is 2.82. The van der Waals surface area contributed by atoms with Crippen molar-refractivity contribution in [3.8, 4) is 0 Å². The summed E-state index contributed by atoms with van der Waals surface area (Å²) in [6, 6.07) is 1.42. The summed E-state index contributed by atoms with van der Waals surface area (Å²) in [6.07, 6.45) is 0. The van der Waals surface area contributed by atoms with Gasteiger partial charge in [-0.15, -0.1) is 0 Å². The molecule has 1 aliphatic heterocycles. The molecule has 0 bridgehead atoms. The predicted octanol–water partition coefficient (Wildman–Crippen LogP) is 2.37. The Morgan fingerprint density at radius 3 is 2.33 bits per heavy atom. The molecule has 1 nitrogen and oxygen atoms in total. The average Bonchev–Trinajstić information content (AvgIpc) is 2.36. The molecule has 2 heteroatoms. The molecule has 1 saturated heterocycles. The van der Waals surface area contributed by atoms with Crippen molar-refractivity contribution in [3.05, 3.63) is 0 Å². The van der Waals surface area contributed by atoms with Crippen LogP contribution < -0.4 is 5.32 Å². The van der Waals surface area contributed by atoms with Gasteiger partial charge >= 0.3 is 0 Å². The summed E-state index contributed by atoms with van der Waals surface area (Å²) < 4.78 is 0. The van der Waals surface area contributed by atoms with Crippen LogP contribution in [0.25, 0.3) is 0 Å². The molecule has 0 spiro atoms. The quantitative estimate of drug-likeness (QED) is 0.728. The van der Waals surface area contributed by atoms with E-state index in [4.69, 9.17) is 0 Å². The zero-order valence-electron chi connectivity index (χ0n) is 8.63. The van der Waals surface area contributed by atoms with Crippen LogP contribution >= 0.6 is 11.8 Å². The Hall–Kier alpha value is 0.310. The number of hydrogen-bond donors (Lipinski definition) is 1. The summed E-state index contributed by atoms with van der Waals surface area (Å²) in [4.78, 5) is 0. The van der Waals surface area contributed by atoms with Gasteiger partial charge in [0.05, 0.1) is 0 Å². The molecule has 1 fully saturated rings. The highest BCUT2D eigenvalue weighted by molar-refractivity contribution is 7.99. The van der Waals surface area contributed by atoms with E-state index in [1.807, 2.05) is 0 Å². The highest BCUT2D eigenvalue weighted by atomic mass is 32.2. The van der Waals surface area contributed by atoms with Crippen molar-refractivity contribution in [1.29, 1.82) is 0 Å². The van der Waals surface area contributed by atoms with Gasteiger partial charge in [-0.05, 0) is 24.5 Å². The van der Waals surface area contributed by atoms with E-state index in [1.165, 1.54) is 11.5 Å². The van der Waals surface area contributed by atoms with E-state index >= 15 is 0 Å². The van der Waals surface area contributed by atoms with Crippen molar-refractivity contribution in [3.63, 3.8) is 0 Å². The second-order valence-corrected chi connectivity index (χ2v) is 5.40. The largest absolute Gasteiger partial charge is 0.310 e. The maximum atomic E-state index is 3.71. The Kier molecular flexibility index (Phi) is 3.91. The summed E-state index contributed by atoms with van der Waals surface area (Å²) >= 11 is 2.08. The van der Waals surface area contributed by atoms with E-state index in [2.05, 4.69) is 44.8 Å². The number of thioether (sulfide) groups is 1. The van der Waals surface area contributed by atoms with Crippen LogP contribution in [-0.4, -0.2) is 23.6 Å². The fraction of sp³-hybridized carbons (Fsp3) is 1.00. The molecular formula is C10H21NS. The van der Waals surface area contributed by atoms with Crippen molar-refractivity contribution in [1.82, 2.24) is 5.32 Å². The molecule has 3 atom stereocenters. The van der Waals surface area contributed by atoms with Crippen LogP contribution in [0.4, 0.5) is 0 Å². The van der Waals surface area contributed by atoms with Gasteiger partial charge < -0.3 is 5.32 Å². The van der Waals surface area contributed by atoms with Crippen LogP contribution in [0.2, 0.25) is 0 Å². The minimum Gasteiger partial charge on any atom is -0.310 e. The lowest BCUT2D eigenvalue weighted by atomic mass is 10.0. The van der Waals surface area contributed by atoms with Gasteiger partial charge in [-0.1, -0.05) is 20.8 Å². The molecule has 1 N–H and O–H groups in total. The maximum Gasteiger partial charge on any atom is 0.0194 e. The van der Waals surface area contributed by atoms with E-state index in [-0.39, 0.29) is 0 Å². The van der Waals surface area contributed by atoms with Crippen LogP contribution in [-0.2, 0) is 0 Å². The van der Waals surface area contributed by atoms with Gasteiger partial charge in [-0.3, -0.25) is 0 Å². The Morgan fingerprint density at radius 1 is 1.25 bits per heavy atom. The molecule has 3 unspecified atom stereocenters. The van der Waals surface area contributed by atoms with Gasteiger partial charge in [-0.2, -0.15) is 11.8 Å². The molecule has 0 amide bonds. The van der Waals surface area contributed by atoms with Crippen molar-refractivity contribution in [2.45, 2.75) is 39.8 Å². The maximum absolute atomic E-state index is 3.71. The Morgan fingerprint density at radius 2 is 1.92 bits per heavy atom. The molecular weight excluding hydrogens is 166 g/mol. The summed E-state index contributed by atoms with van der Waals surface area (Å²) in [7, 11) is 0. The van der Waals surface area contributed by atoms with Crippen LogP contribution in [0.5, 0.6) is 0 Å². The molecule has 1 heterocycles. The minimum absolute atomic E-state index is 0.663. The summed E-state index contributed by atoms with van der Waals surface area (Å²) in [5.74, 6) is 4.25. The minimum atomic E-state index is 0.663. The molecule has 12 heavy (non-hydrogen) atoms. The van der Waals surface area contributed by atoms with E-state index in [1.54, 1.807) is 0 Å². The van der Waals surface area contributed by atoms with Gasteiger partial charge in [0.25, 0.3) is 0 Å². The van der Waals surface area contributed by atoms with Gasteiger partial charge in [0, 0.05) is 17.8 Å². The second kappa shape index (κ2) is 4.52. The summed E-state index contributed by atoms with van der Waals surface area (Å²) in [5.41, 5.74) is 0. The second-order valence-electron chi connectivity index (χ2n) is 4.32. The standard InChI is InChI=1S/C10H21NS/c1-7(2)9(4)11-10-6-12-5-8(10)3/h7-11H,5-6H2,1-4H3. The third-order valence-electron chi connectivity index (χ3n) is 2.84. The lowest BCUT2D eigenvalue weighted by Crippen LogP contribution is -2.42. The molecule has 72 valence electrons. The molecule has 1 aliphatic rings. The smallest absolute Gasteiger partial charge is 0.0194 e.